The highest BCUT2D eigenvalue weighted by atomic mass is 28.4. The number of fused-ring (bicyclic) bond motifs is 2. The quantitative estimate of drug-likeness (QED) is 0.146. The van der Waals surface area contributed by atoms with Gasteiger partial charge in [0, 0.05) is 41.5 Å². The molecule has 1 fully saturated rings. The second-order valence-electron chi connectivity index (χ2n) is 13.5. The third-order valence-electron chi connectivity index (χ3n) is 9.88. The van der Waals surface area contributed by atoms with Crippen LogP contribution in [0.5, 0.6) is 0 Å². The maximum atomic E-state index is 14.9. The van der Waals surface area contributed by atoms with Gasteiger partial charge >= 0.3 is 0 Å². The average Bonchev–Trinajstić information content (AvgIpc) is 3.52. The molecule has 0 bridgehead atoms. The van der Waals surface area contributed by atoms with Crippen LogP contribution in [0.2, 0.25) is 18.6 Å². The van der Waals surface area contributed by atoms with Crippen LogP contribution in [0, 0.1) is 5.92 Å². The van der Waals surface area contributed by atoms with Crippen LogP contribution in [-0.2, 0) is 37.8 Å². The first-order valence-corrected chi connectivity index (χ1v) is 19.7. The van der Waals surface area contributed by atoms with E-state index in [1.54, 1.807) is 9.80 Å². The molecular weight excluding hydrogens is 635 g/mol. The highest BCUT2D eigenvalue weighted by molar-refractivity contribution is 6.71. The van der Waals surface area contributed by atoms with Gasteiger partial charge < -0.3 is 24.4 Å². The summed E-state index contributed by atoms with van der Waals surface area (Å²) in [5.41, 5.74) is 2.40. The van der Waals surface area contributed by atoms with Crippen molar-refractivity contribution >= 4 is 43.6 Å². The minimum absolute atomic E-state index is 0.0634. The van der Waals surface area contributed by atoms with E-state index in [-0.39, 0.29) is 31.4 Å². The molecule has 0 saturated carbocycles. The van der Waals surface area contributed by atoms with Gasteiger partial charge in [-0.25, -0.2) is 0 Å². The Morgan fingerprint density at radius 3 is 2.12 bits per heavy atom. The summed E-state index contributed by atoms with van der Waals surface area (Å²) in [7, 11) is -3.06. The number of nitrogens with zero attached hydrogens (tertiary/aromatic N) is 3. The molecule has 4 atom stereocenters. The molecular formula is C39H43N3O6Si. The Kier molecular flexibility index (Phi) is 9.85. The first kappa shape index (κ1) is 34.3. The van der Waals surface area contributed by atoms with Crippen LogP contribution in [0.1, 0.15) is 30.0 Å². The van der Waals surface area contributed by atoms with Crippen molar-refractivity contribution < 1.29 is 29.0 Å². The fraction of sp³-hybridized carbons (Fsp3) is 0.308. The summed E-state index contributed by atoms with van der Waals surface area (Å²) in [6.45, 7) is 6.14. The van der Waals surface area contributed by atoms with E-state index in [0.717, 1.165) is 17.5 Å². The van der Waals surface area contributed by atoms with Crippen molar-refractivity contribution in [1.82, 2.24) is 4.90 Å². The summed E-state index contributed by atoms with van der Waals surface area (Å²) in [6.07, 6.45) is -0.0800. The number of amides is 3. The van der Waals surface area contributed by atoms with Gasteiger partial charge in [0.25, 0.3) is 5.91 Å². The summed E-state index contributed by atoms with van der Waals surface area (Å²) in [4.78, 5) is 58.0. The van der Waals surface area contributed by atoms with Gasteiger partial charge in [-0.05, 0) is 54.6 Å². The molecule has 2 aliphatic heterocycles. The molecule has 1 saturated heterocycles. The molecule has 0 unspecified atom stereocenters. The van der Waals surface area contributed by atoms with E-state index >= 15 is 0 Å². The number of anilines is 3. The van der Waals surface area contributed by atoms with Gasteiger partial charge in [0.15, 0.2) is 13.9 Å². The lowest BCUT2D eigenvalue weighted by Crippen LogP contribution is -2.46. The van der Waals surface area contributed by atoms with Crippen LogP contribution in [0.4, 0.5) is 17.1 Å². The maximum absolute atomic E-state index is 14.9. The molecule has 6 rings (SSSR count). The van der Waals surface area contributed by atoms with Gasteiger partial charge in [0.05, 0.1) is 31.4 Å². The van der Waals surface area contributed by atoms with Gasteiger partial charge in [-0.2, -0.15) is 0 Å². The molecule has 10 heteroatoms. The monoisotopic (exact) mass is 677 g/mol. The van der Waals surface area contributed by atoms with Crippen molar-refractivity contribution in [3.05, 3.63) is 126 Å². The Hall–Kier alpha value is -4.61. The van der Waals surface area contributed by atoms with E-state index in [2.05, 4.69) is 0 Å². The van der Waals surface area contributed by atoms with Crippen LogP contribution >= 0.6 is 0 Å². The minimum Gasteiger partial charge on any atom is -0.432 e. The van der Waals surface area contributed by atoms with Gasteiger partial charge in [0.1, 0.15) is 0 Å². The Labute approximate surface area is 288 Å². The Balaban J connectivity index is 1.42. The fourth-order valence-electron chi connectivity index (χ4n) is 7.72. The van der Waals surface area contributed by atoms with Gasteiger partial charge in [-0.1, -0.05) is 85.8 Å². The molecule has 254 valence electrons. The van der Waals surface area contributed by atoms with Gasteiger partial charge in [-0.3, -0.25) is 19.3 Å². The molecule has 4 aromatic carbocycles. The normalized spacial score (nSPS) is 21.5. The lowest BCUT2D eigenvalue weighted by Gasteiger charge is -2.33. The molecule has 0 aromatic heterocycles. The van der Waals surface area contributed by atoms with Crippen molar-refractivity contribution in [3.8, 4) is 0 Å². The average molecular weight is 678 g/mol. The molecule has 0 aliphatic carbocycles. The number of hydrogen-bond acceptors (Lipinski definition) is 6. The van der Waals surface area contributed by atoms with E-state index in [4.69, 9.17) is 4.74 Å². The first-order chi connectivity index (χ1) is 23.6. The zero-order chi connectivity index (χ0) is 34.8. The van der Waals surface area contributed by atoms with Crippen LogP contribution in [0.15, 0.2) is 109 Å². The molecule has 9 nitrogen and oxygen atoms in total. The summed E-state index contributed by atoms with van der Waals surface area (Å²) in [6, 6.07) is 34.1. The third kappa shape index (κ3) is 6.57. The molecule has 2 N–H and O–H groups in total. The van der Waals surface area contributed by atoms with Crippen molar-refractivity contribution in [1.29, 1.82) is 0 Å². The predicted molar refractivity (Wildman–Crippen MR) is 191 cm³/mol. The van der Waals surface area contributed by atoms with E-state index in [0.29, 0.717) is 35.7 Å². The van der Waals surface area contributed by atoms with Crippen molar-refractivity contribution in [2.75, 3.05) is 23.0 Å². The molecule has 1 spiro atoms. The number of aliphatic hydroxyl groups excluding tert-OH is 1. The minimum atomic E-state index is -3.06. The Morgan fingerprint density at radius 2 is 1.53 bits per heavy atom. The summed E-state index contributed by atoms with van der Waals surface area (Å²) >= 11 is 0. The molecule has 0 radical (unpaired) electrons. The molecule has 49 heavy (non-hydrogen) atoms. The van der Waals surface area contributed by atoms with Crippen molar-refractivity contribution in [2.24, 2.45) is 5.92 Å². The first-order valence-electron chi connectivity index (χ1n) is 16.7. The van der Waals surface area contributed by atoms with Crippen molar-refractivity contribution in [2.45, 2.75) is 56.8 Å². The number of benzene rings is 4. The van der Waals surface area contributed by atoms with E-state index in [1.165, 1.54) is 4.90 Å². The lowest BCUT2D eigenvalue weighted by atomic mass is 9.82. The van der Waals surface area contributed by atoms with Crippen LogP contribution in [-0.4, -0.2) is 60.6 Å². The maximum Gasteiger partial charge on any atom is 0.264 e. The number of hydrogen-bond donors (Lipinski definition) is 2. The van der Waals surface area contributed by atoms with Crippen LogP contribution in [0.3, 0.4) is 0 Å². The van der Waals surface area contributed by atoms with E-state index < -0.39 is 31.5 Å². The number of carbonyl (C=O) groups excluding carboxylic acids is 3. The number of aliphatic hydroxyl groups is 1. The number of para-hydroxylation sites is 1. The SMILES string of the molecule is C[C@@H]1[C@@H]([Si](C)(C)O)[C@H](CC(=O)N(CCO)Cc2ccccc2)O[C@@]12C(=O)N(Cc1ccccc1)c1ccc(N(C=O)c3ccccc3)cc12. The predicted octanol–water partition coefficient (Wildman–Crippen LogP) is 5.74. The Morgan fingerprint density at radius 1 is 0.918 bits per heavy atom. The van der Waals surface area contributed by atoms with Gasteiger partial charge in [-0.15, -0.1) is 0 Å². The van der Waals surface area contributed by atoms with E-state index in [9.17, 15) is 24.3 Å². The Bertz CT molecular complexity index is 1790. The topological polar surface area (TPSA) is 111 Å². The number of carbonyl (C=O) groups is 3. The summed E-state index contributed by atoms with van der Waals surface area (Å²) in [5.74, 6) is -0.990. The molecule has 4 aromatic rings. The molecule has 3 amide bonds. The second kappa shape index (κ2) is 14.1. The van der Waals surface area contributed by atoms with Crippen LogP contribution in [0.25, 0.3) is 0 Å². The highest BCUT2D eigenvalue weighted by Gasteiger charge is 2.66. The van der Waals surface area contributed by atoms with Gasteiger partial charge in [0.2, 0.25) is 12.3 Å². The second-order valence-corrected chi connectivity index (χ2v) is 17.5. The third-order valence-corrected chi connectivity index (χ3v) is 12.4. The lowest BCUT2D eigenvalue weighted by molar-refractivity contribution is -0.150. The van der Waals surface area contributed by atoms with Crippen molar-refractivity contribution in [3.63, 3.8) is 0 Å². The zero-order valence-electron chi connectivity index (χ0n) is 28.1. The molecule has 2 heterocycles. The standard InChI is InChI=1S/C39H43N3O6Si/c1-28-37(49(2,3)47)35(24-36(45)40(21-22-43)25-29-13-7-4-8-14-29)48-39(28)33-23-32(42(27-44)31-17-11-6-12-18-31)19-20-34(33)41(38(39)46)26-30-15-9-5-10-16-30/h4-20,23,27-28,35,37,43,47H,21-22,24-26H2,1-3H3/t28-,35+,37-,39+/m1/s1. The zero-order valence-corrected chi connectivity index (χ0v) is 29.1. The van der Waals surface area contributed by atoms with Crippen LogP contribution < -0.4 is 9.80 Å². The summed E-state index contributed by atoms with van der Waals surface area (Å²) < 4.78 is 6.96. The fourth-order valence-corrected chi connectivity index (χ4v) is 10.3. The number of rotatable bonds is 12. The van der Waals surface area contributed by atoms with E-state index in [1.807, 2.05) is 129 Å². The molecule has 2 aliphatic rings. The smallest absolute Gasteiger partial charge is 0.264 e. The largest absolute Gasteiger partial charge is 0.432 e. The highest BCUT2D eigenvalue weighted by Crippen LogP contribution is 2.60. The number of ether oxygens (including phenoxy) is 1. The summed E-state index contributed by atoms with van der Waals surface area (Å²) in [5, 5.41) is 9.85.